The number of methoxy groups -OCH3 is 1. The minimum Gasteiger partial charge on any atom is -0.494 e. The first-order valence-corrected chi connectivity index (χ1v) is 10.3. The van der Waals surface area contributed by atoms with Crippen LogP contribution in [-0.4, -0.2) is 31.2 Å². The molecule has 0 saturated carbocycles. The zero-order valence-corrected chi connectivity index (χ0v) is 17.6. The van der Waals surface area contributed by atoms with Crippen LogP contribution in [0.15, 0.2) is 72.9 Å². The lowest BCUT2D eigenvalue weighted by atomic mass is 9.89. The Morgan fingerprint density at radius 2 is 1.84 bits per heavy atom. The summed E-state index contributed by atoms with van der Waals surface area (Å²) in [5.41, 5.74) is 1.98. The summed E-state index contributed by atoms with van der Waals surface area (Å²) in [5, 5.41) is 3.25. The molecule has 3 rings (SSSR count). The Kier molecular flexibility index (Phi) is 8.40. The number of halogens is 1. The van der Waals surface area contributed by atoms with Crippen LogP contribution in [-0.2, 0) is 16.0 Å². The third kappa shape index (κ3) is 7.41. The third-order valence-corrected chi connectivity index (χ3v) is 4.95. The number of nitrogens with one attached hydrogen (secondary N) is 1. The highest BCUT2D eigenvalue weighted by Crippen LogP contribution is 2.26. The van der Waals surface area contributed by atoms with E-state index in [0.717, 1.165) is 35.7 Å². The van der Waals surface area contributed by atoms with Crippen molar-refractivity contribution in [2.75, 3.05) is 25.6 Å². The Balaban J connectivity index is 1.50. The fraction of sp³-hybridized carbons (Fsp3) is 0.280. The molecule has 0 aliphatic rings. The monoisotopic (exact) mass is 422 g/mol. The maximum Gasteiger partial charge on any atom is 0.306 e. The second-order valence-corrected chi connectivity index (χ2v) is 7.22. The molecule has 31 heavy (non-hydrogen) atoms. The van der Waals surface area contributed by atoms with Gasteiger partial charge in [0.15, 0.2) is 0 Å². The summed E-state index contributed by atoms with van der Waals surface area (Å²) in [6, 6.07) is 19.9. The molecule has 0 saturated heterocycles. The van der Waals surface area contributed by atoms with Gasteiger partial charge in [0, 0.05) is 12.7 Å². The molecule has 1 atom stereocenters. The smallest absolute Gasteiger partial charge is 0.306 e. The molecule has 162 valence electrons. The first-order chi connectivity index (χ1) is 15.1. The van der Waals surface area contributed by atoms with Gasteiger partial charge in [-0.25, -0.2) is 9.37 Å². The van der Waals surface area contributed by atoms with Crippen LogP contribution in [0.5, 0.6) is 5.75 Å². The lowest BCUT2D eigenvalue weighted by molar-refractivity contribution is -0.141. The first-order valence-electron chi connectivity index (χ1n) is 10.3. The van der Waals surface area contributed by atoms with Crippen molar-refractivity contribution >= 4 is 11.8 Å². The molecular formula is C25H27FN2O3. The Morgan fingerprint density at radius 1 is 1.06 bits per heavy atom. The molecule has 0 aliphatic carbocycles. The molecule has 1 N–H and O–H groups in total. The lowest BCUT2D eigenvalue weighted by Crippen LogP contribution is -2.11. The molecule has 0 amide bonds. The van der Waals surface area contributed by atoms with Crippen molar-refractivity contribution in [2.24, 2.45) is 0 Å². The van der Waals surface area contributed by atoms with E-state index in [-0.39, 0.29) is 24.1 Å². The average Bonchev–Trinajstić information content (AvgIpc) is 2.80. The second-order valence-electron chi connectivity index (χ2n) is 7.22. The minimum atomic E-state index is -0.294. The molecule has 3 aromatic rings. The van der Waals surface area contributed by atoms with E-state index in [0.29, 0.717) is 13.0 Å². The van der Waals surface area contributed by atoms with Gasteiger partial charge in [0.2, 0.25) is 0 Å². The van der Waals surface area contributed by atoms with Gasteiger partial charge < -0.3 is 14.8 Å². The molecule has 5 nitrogen and oxygen atoms in total. The fourth-order valence-corrected chi connectivity index (χ4v) is 3.28. The van der Waals surface area contributed by atoms with Crippen LogP contribution >= 0.6 is 0 Å². The number of carbonyl (C=O) groups is 1. The van der Waals surface area contributed by atoms with Gasteiger partial charge in [-0.05, 0) is 66.3 Å². The predicted molar refractivity (Wildman–Crippen MR) is 119 cm³/mol. The van der Waals surface area contributed by atoms with Crippen molar-refractivity contribution in [1.82, 2.24) is 4.98 Å². The largest absolute Gasteiger partial charge is 0.494 e. The predicted octanol–water partition coefficient (Wildman–Crippen LogP) is 4.99. The van der Waals surface area contributed by atoms with Gasteiger partial charge in [0.05, 0.1) is 20.1 Å². The Morgan fingerprint density at radius 3 is 2.52 bits per heavy atom. The van der Waals surface area contributed by atoms with E-state index in [2.05, 4.69) is 10.3 Å². The van der Waals surface area contributed by atoms with E-state index in [1.807, 2.05) is 42.5 Å². The molecule has 2 aromatic carbocycles. The number of anilines is 1. The molecule has 0 spiro atoms. The van der Waals surface area contributed by atoms with Crippen molar-refractivity contribution in [1.29, 1.82) is 0 Å². The van der Waals surface area contributed by atoms with Gasteiger partial charge in [-0.1, -0.05) is 30.3 Å². The SMILES string of the molecule is COC(=O)CC(Cc1ccc(OCCCNc2ccccn2)cc1)c1ccc(F)cc1. The molecule has 1 unspecified atom stereocenters. The van der Waals surface area contributed by atoms with Gasteiger partial charge in [-0.3, -0.25) is 4.79 Å². The number of hydrogen-bond donors (Lipinski definition) is 1. The van der Waals surface area contributed by atoms with Gasteiger partial charge in [-0.15, -0.1) is 0 Å². The average molecular weight is 423 g/mol. The molecule has 0 fully saturated rings. The molecule has 1 heterocycles. The quantitative estimate of drug-likeness (QED) is 0.348. The topological polar surface area (TPSA) is 60.5 Å². The Bertz CT molecular complexity index is 931. The fourth-order valence-electron chi connectivity index (χ4n) is 3.28. The van der Waals surface area contributed by atoms with E-state index >= 15 is 0 Å². The summed E-state index contributed by atoms with van der Waals surface area (Å²) in [6.07, 6.45) is 3.50. The number of hydrogen-bond acceptors (Lipinski definition) is 5. The summed E-state index contributed by atoms with van der Waals surface area (Å²) < 4.78 is 23.9. The minimum absolute atomic E-state index is 0.0857. The Hall–Kier alpha value is -3.41. The van der Waals surface area contributed by atoms with E-state index in [4.69, 9.17) is 9.47 Å². The maximum absolute atomic E-state index is 13.3. The summed E-state index contributed by atoms with van der Waals surface area (Å²) in [5.74, 6) is 0.991. The van der Waals surface area contributed by atoms with Crippen molar-refractivity contribution in [3.63, 3.8) is 0 Å². The van der Waals surface area contributed by atoms with E-state index in [9.17, 15) is 9.18 Å². The van der Waals surface area contributed by atoms with Gasteiger partial charge in [0.25, 0.3) is 0 Å². The Labute approximate surface area is 182 Å². The van der Waals surface area contributed by atoms with Crippen LogP contribution in [0.2, 0.25) is 0 Å². The van der Waals surface area contributed by atoms with Crippen LogP contribution in [0.25, 0.3) is 0 Å². The molecule has 1 aromatic heterocycles. The first kappa shape index (κ1) is 22.3. The highest BCUT2D eigenvalue weighted by Gasteiger charge is 2.17. The van der Waals surface area contributed by atoms with Crippen LogP contribution in [0.1, 0.15) is 29.9 Å². The van der Waals surface area contributed by atoms with Crippen molar-refractivity contribution in [3.05, 3.63) is 89.9 Å². The summed E-state index contributed by atoms with van der Waals surface area (Å²) in [4.78, 5) is 16.1. The number of carbonyl (C=O) groups excluding carboxylic acids is 1. The van der Waals surface area contributed by atoms with Crippen molar-refractivity contribution < 1.29 is 18.7 Å². The van der Waals surface area contributed by atoms with Crippen molar-refractivity contribution in [3.8, 4) is 5.75 Å². The number of nitrogens with zero attached hydrogens (tertiary/aromatic N) is 1. The van der Waals surface area contributed by atoms with E-state index in [1.165, 1.54) is 19.2 Å². The van der Waals surface area contributed by atoms with Gasteiger partial charge >= 0.3 is 5.97 Å². The number of pyridine rings is 1. The summed E-state index contributed by atoms with van der Waals surface area (Å²) in [7, 11) is 1.38. The molecular weight excluding hydrogens is 395 g/mol. The lowest BCUT2D eigenvalue weighted by Gasteiger charge is -2.17. The maximum atomic E-state index is 13.3. The zero-order valence-electron chi connectivity index (χ0n) is 17.6. The summed E-state index contributed by atoms with van der Waals surface area (Å²) >= 11 is 0. The molecule has 0 bridgehead atoms. The van der Waals surface area contributed by atoms with Crippen LogP contribution in [0.4, 0.5) is 10.2 Å². The highest BCUT2D eigenvalue weighted by molar-refractivity contribution is 5.70. The normalized spacial score (nSPS) is 11.5. The third-order valence-electron chi connectivity index (χ3n) is 4.95. The molecule has 0 radical (unpaired) electrons. The van der Waals surface area contributed by atoms with Crippen LogP contribution < -0.4 is 10.1 Å². The number of esters is 1. The number of benzene rings is 2. The van der Waals surface area contributed by atoms with Crippen molar-refractivity contribution in [2.45, 2.75) is 25.2 Å². The number of rotatable bonds is 11. The zero-order chi connectivity index (χ0) is 21.9. The van der Waals surface area contributed by atoms with Gasteiger partial charge in [0.1, 0.15) is 17.4 Å². The number of ether oxygens (including phenoxy) is 2. The molecule has 6 heteroatoms. The summed E-state index contributed by atoms with van der Waals surface area (Å²) in [6.45, 7) is 1.38. The second kappa shape index (κ2) is 11.7. The van der Waals surface area contributed by atoms with Gasteiger partial charge in [-0.2, -0.15) is 0 Å². The van der Waals surface area contributed by atoms with Crippen LogP contribution in [0, 0.1) is 5.82 Å². The highest BCUT2D eigenvalue weighted by atomic mass is 19.1. The number of aromatic nitrogens is 1. The standard InChI is InChI=1S/C25H27FN2O3/c1-30-25(29)18-21(20-8-10-22(26)11-9-20)17-19-6-12-23(13-7-19)31-16-4-15-28-24-5-2-3-14-27-24/h2-3,5-14,21H,4,15-18H2,1H3,(H,27,28). The van der Waals surface area contributed by atoms with E-state index in [1.54, 1.807) is 18.3 Å². The molecule has 0 aliphatic heterocycles. The van der Waals surface area contributed by atoms with E-state index < -0.39 is 0 Å². The van der Waals surface area contributed by atoms with Crippen LogP contribution in [0.3, 0.4) is 0 Å².